The smallest absolute Gasteiger partial charge is 0.269 e. The number of fused-ring (bicyclic) bond motifs is 1. The van der Waals surface area contributed by atoms with Gasteiger partial charge in [0.1, 0.15) is 0 Å². The fourth-order valence-corrected chi connectivity index (χ4v) is 13.4. The molecule has 2 atom stereocenters. The molecule has 0 aromatic heterocycles. The van der Waals surface area contributed by atoms with E-state index < -0.39 is 39.5 Å². The normalized spacial score (nSPS) is 16.8. The molecule has 0 amide bonds. The van der Waals surface area contributed by atoms with Crippen LogP contribution in [-0.4, -0.2) is 59.9 Å². The van der Waals surface area contributed by atoms with Gasteiger partial charge in [-0.05, 0) is 51.5 Å². The summed E-state index contributed by atoms with van der Waals surface area (Å²) in [7, 11) is -10.9. The van der Waals surface area contributed by atoms with E-state index >= 15 is 0 Å². The molecule has 49 heavy (non-hydrogen) atoms. The van der Waals surface area contributed by atoms with Gasteiger partial charge in [0.25, 0.3) is 24.1 Å². The average Bonchev–Trinajstić information content (AvgIpc) is 3.27. The lowest BCUT2D eigenvalue weighted by molar-refractivity contribution is -0.384. The molecule has 0 spiro atoms. The minimum absolute atomic E-state index is 0.0318. The summed E-state index contributed by atoms with van der Waals surface area (Å²) in [4.78, 5) is 10.6. The Morgan fingerprint density at radius 1 is 0.857 bits per heavy atom. The van der Waals surface area contributed by atoms with E-state index in [1.54, 1.807) is 0 Å². The predicted molar refractivity (Wildman–Crippen MR) is 192 cm³/mol. The Bertz CT molecular complexity index is 1930. The highest BCUT2D eigenvalue weighted by atomic mass is 32.2. The first-order valence-electron chi connectivity index (χ1n) is 16.1. The van der Waals surface area contributed by atoms with Crippen LogP contribution >= 0.6 is 0 Å². The second-order valence-electron chi connectivity index (χ2n) is 13.3. The average molecular weight is 723 g/mol. The van der Waals surface area contributed by atoms with Crippen LogP contribution in [0.25, 0.3) is 0 Å². The van der Waals surface area contributed by atoms with Gasteiger partial charge in [-0.15, -0.1) is 0 Å². The minimum atomic E-state index is -4.03. The largest absolute Gasteiger partial charge is 0.404 e. The van der Waals surface area contributed by atoms with Crippen LogP contribution < -0.4 is 10.4 Å². The summed E-state index contributed by atoms with van der Waals surface area (Å²) in [5.74, 6) is -0.321. The lowest BCUT2D eigenvalue weighted by atomic mass is 9.87. The zero-order chi connectivity index (χ0) is 35.5. The van der Waals surface area contributed by atoms with Gasteiger partial charge in [-0.2, -0.15) is 12.7 Å². The molecule has 0 unspecified atom stereocenters. The third-order valence-corrected chi connectivity index (χ3v) is 16.6. The second kappa shape index (κ2) is 14.6. The van der Waals surface area contributed by atoms with Crippen molar-refractivity contribution >= 4 is 44.5 Å². The highest BCUT2D eigenvalue weighted by molar-refractivity contribution is 7.89. The molecule has 0 saturated heterocycles. The summed E-state index contributed by atoms with van der Waals surface area (Å²) in [5, 5.41) is 13.0. The summed E-state index contributed by atoms with van der Waals surface area (Å²) in [6.45, 7) is 6.64. The van der Waals surface area contributed by atoms with Gasteiger partial charge in [-0.25, -0.2) is 8.42 Å². The van der Waals surface area contributed by atoms with Crippen molar-refractivity contribution in [3.05, 3.63) is 130 Å². The molecule has 4 aromatic rings. The summed E-state index contributed by atoms with van der Waals surface area (Å²) >= 11 is 0. The summed E-state index contributed by atoms with van der Waals surface area (Å²) in [6, 6.07) is 32.9. The molecule has 1 aliphatic rings. The number of nitrogens with zero attached hydrogens (tertiary/aromatic N) is 2. The number of benzene rings is 4. The number of non-ortho nitro benzene ring substituents is 1. The van der Waals surface area contributed by atoms with E-state index in [4.69, 9.17) is 8.61 Å². The lowest BCUT2D eigenvalue weighted by Crippen LogP contribution is -2.68. The number of rotatable bonds is 12. The van der Waals surface area contributed by atoms with Crippen LogP contribution in [0.2, 0.25) is 5.04 Å². The van der Waals surface area contributed by atoms with Gasteiger partial charge in [0.2, 0.25) is 10.0 Å². The number of hydrogen-bond acceptors (Lipinski definition) is 8. The van der Waals surface area contributed by atoms with Crippen LogP contribution in [0.1, 0.15) is 50.7 Å². The highest BCUT2D eigenvalue weighted by Crippen LogP contribution is 2.42. The monoisotopic (exact) mass is 722 g/mol. The van der Waals surface area contributed by atoms with Crippen molar-refractivity contribution in [3.8, 4) is 0 Å². The highest BCUT2D eigenvalue weighted by Gasteiger charge is 2.52. The van der Waals surface area contributed by atoms with Gasteiger partial charge in [0.05, 0.1) is 28.8 Å². The summed E-state index contributed by atoms with van der Waals surface area (Å²) < 4.78 is 66.5. The predicted octanol–water partition coefficient (Wildman–Crippen LogP) is 5.58. The Morgan fingerprint density at radius 3 is 1.94 bits per heavy atom. The third kappa shape index (κ3) is 8.03. The maximum Gasteiger partial charge on any atom is 0.269 e. The molecule has 0 saturated carbocycles. The number of nitro benzene ring substituents is 1. The molecule has 260 valence electrons. The van der Waals surface area contributed by atoms with E-state index in [9.17, 15) is 26.9 Å². The van der Waals surface area contributed by atoms with Gasteiger partial charge in [0.15, 0.2) is 0 Å². The van der Waals surface area contributed by atoms with Gasteiger partial charge in [0, 0.05) is 31.1 Å². The van der Waals surface area contributed by atoms with Crippen LogP contribution in [0.3, 0.4) is 0 Å². The number of hydrogen-bond donors (Lipinski definition) is 0. The first-order valence-corrected chi connectivity index (χ1v) is 21.3. The molecule has 5 rings (SSSR count). The minimum Gasteiger partial charge on any atom is -0.404 e. The summed E-state index contributed by atoms with van der Waals surface area (Å²) in [6.07, 6.45) is 1.08. The van der Waals surface area contributed by atoms with Crippen LogP contribution in [0.5, 0.6) is 0 Å². The molecular weight excluding hydrogens is 681 g/mol. The molecule has 13 heteroatoms. The van der Waals surface area contributed by atoms with Crippen LogP contribution in [0, 0.1) is 10.1 Å². The van der Waals surface area contributed by atoms with Gasteiger partial charge < -0.3 is 4.43 Å². The topological polar surface area (TPSA) is 133 Å². The third-order valence-electron chi connectivity index (χ3n) is 9.07. The molecule has 1 heterocycles. The van der Waals surface area contributed by atoms with Crippen molar-refractivity contribution in [2.24, 2.45) is 0 Å². The molecule has 10 nitrogen and oxygen atoms in total. The van der Waals surface area contributed by atoms with Crippen molar-refractivity contribution in [3.63, 3.8) is 0 Å². The van der Waals surface area contributed by atoms with Crippen LogP contribution in [-0.2, 0) is 35.3 Å². The van der Waals surface area contributed by atoms with Gasteiger partial charge >= 0.3 is 0 Å². The maximum absolute atomic E-state index is 14.0. The van der Waals surface area contributed by atoms with E-state index in [2.05, 4.69) is 45.0 Å². The molecule has 0 aliphatic carbocycles. The van der Waals surface area contributed by atoms with E-state index in [-0.39, 0.29) is 47.7 Å². The first-order chi connectivity index (χ1) is 23.1. The zero-order valence-electron chi connectivity index (χ0n) is 28.1. The molecule has 0 bridgehead atoms. The van der Waals surface area contributed by atoms with Crippen molar-refractivity contribution in [1.82, 2.24) is 4.31 Å². The van der Waals surface area contributed by atoms with Crippen molar-refractivity contribution < 1.29 is 30.4 Å². The van der Waals surface area contributed by atoms with E-state index in [1.807, 2.05) is 60.7 Å². The van der Waals surface area contributed by atoms with E-state index in [1.165, 1.54) is 28.6 Å². The van der Waals surface area contributed by atoms with Gasteiger partial charge in [-0.3, -0.25) is 14.3 Å². The van der Waals surface area contributed by atoms with Crippen molar-refractivity contribution in [2.45, 2.75) is 62.1 Å². The van der Waals surface area contributed by atoms with Gasteiger partial charge in [-0.1, -0.05) is 106 Å². The fraction of sp³-hybridized carbons (Fsp3) is 0.333. The first kappa shape index (κ1) is 36.6. The SMILES string of the molecule is CC(C)(C)[Si](O[C@@H](CCOS(C)(=O)=O)[C@H]1CCN(S(=O)(=O)c2ccc([N+](=O)[O-])cc2)Cc2ccccc21)(c1ccccc1)c1ccccc1. The Morgan fingerprint density at radius 2 is 1.41 bits per heavy atom. The summed E-state index contributed by atoms with van der Waals surface area (Å²) in [5.41, 5.74) is 1.53. The molecule has 0 fully saturated rings. The van der Waals surface area contributed by atoms with Crippen LogP contribution in [0.4, 0.5) is 5.69 Å². The number of nitro groups is 1. The molecule has 1 aliphatic heterocycles. The Balaban J connectivity index is 1.61. The maximum atomic E-state index is 14.0. The second-order valence-corrected chi connectivity index (χ2v) is 21.2. The quantitative estimate of drug-likeness (QED) is 0.0801. The standard InChI is InChI=1S/C36H42N2O8S2Si/c1-36(2,3)49(31-14-7-5-8-15-31,32-16-9-6-10-17-32)46-35(24-26-45-47(4,41)42)34-23-25-37(27-28-13-11-12-18-33(28)34)48(43,44)30-21-19-29(20-22-30)38(39)40/h5-22,34-35H,23-27H2,1-4H3/t34-,35-/m0/s1. The van der Waals surface area contributed by atoms with E-state index in [0.717, 1.165) is 27.8 Å². The van der Waals surface area contributed by atoms with Crippen molar-refractivity contribution in [1.29, 1.82) is 0 Å². The van der Waals surface area contributed by atoms with E-state index in [0.29, 0.717) is 6.42 Å². The number of sulfonamides is 1. The molecule has 0 N–H and O–H groups in total. The Kier molecular flexibility index (Phi) is 10.9. The fourth-order valence-electron chi connectivity index (χ4n) is 6.80. The molecule has 4 aromatic carbocycles. The molecule has 0 radical (unpaired) electrons. The van der Waals surface area contributed by atoms with Crippen molar-refractivity contribution in [2.75, 3.05) is 19.4 Å². The Hall–Kier alpha value is -3.72. The zero-order valence-corrected chi connectivity index (χ0v) is 30.7. The Labute approximate surface area is 290 Å². The lowest BCUT2D eigenvalue weighted by Gasteiger charge is -2.46. The molecular formula is C36H42N2O8S2Si. The van der Waals surface area contributed by atoms with Crippen LogP contribution in [0.15, 0.2) is 114 Å².